The molecule has 0 spiro atoms. The molecule has 1 aromatic carbocycles. The first-order valence-corrected chi connectivity index (χ1v) is 9.70. The number of rotatable bonds is 5. The highest BCUT2D eigenvalue weighted by Crippen LogP contribution is 2.25. The van der Waals surface area contributed by atoms with E-state index in [1.165, 1.54) is 11.3 Å². The van der Waals surface area contributed by atoms with Crippen LogP contribution in [0.2, 0.25) is 5.02 Å². The highest BCUT2D eigenvalue weighted by atomic mass is 35.5. The summed E-state index contributed by atoms with van der Waals surface area (Å²) in [4.78, 5) is 20.9. The molecule has 2 N–H and O–H groups in total. The third-order valence-electron chi connectivity index (χ3n) is 4.75. The van der Waals surface area contributed by atoms with Gasteiger partial charge in [-0.1, -0.05) is 17.7 Å². The van der Waals surface area contributed by atoms with Crippen LogP contribution in [0.1, 0.15) is 11.3 Å². The van der Waals surface area contributed by atoms with Crippen molar-refractivity contribution in [3.05, 3.63) is 52.9 Å². The van der Waals surface area contributed by atoms with Crippen LogP contribution in [0.4, 0.5) is 5.69 Å². The molecule has 2 aromatic rings. The maximum absolute atomic E-state index is 12.0. The van der Waals surface area contributed by atoms with E-state index >= 15 is 0 Å². The summed E-state index contributed by atoms with van der Waals surface area (Å²) in [5.41, 5.74) is 2.39. The highest BCUT2D eigenvalue weighted by Gasteiger charge is 2.21. The van der Waals surface area contributed by atoms with Gasteiger partial charge in [-0.05, 0) is 36.8 Å². The van der Waals surface area contributed by atoms with Crippen LogP contribution >= 0.6 is 11.6 Å². The Morgan fingerprint density at radius 2 is 2.00 bits per heavy atom. The molecule has 0 aliphatic carbocycles. The first-order valence-electron chi connectivity index (χ1n) is 9.32. The number of amides is 1. The lowest BCUT2D eigenvalue weighted by atomic mass is 10.1. The second kappa shape index (κ2) is 9.50. The Balaban J connectivity index is 1.47. The SMILES string of the molecule is CN=C(NCC(=O)NCc1ccco1)N1CCN(c2cc(Cl)ccc2C)CC1. The fraction of sp³-hybridized carbons (Fsp3) is 0.400. The zero-order chi connectivity index (χ0) is 19.9. The van der Waals surface area contributed by atoms with E-state index in [2.05, 4.69) is 32.3 Å². The molecule has 1 aromatic heterocycles. The predicted octanol–water partition coefficient (Wildman–Crippen LogP) is 2.26. The minimum Gasteiger partial charge on any atom is -0.467 e. The molecule has 0 unspecified atom stereocenters. The number of hydrogen-bond donors (Lipinski definition) is 2. The molecule has 0 atom stereocenters. The van der Waals surface area contributed by atoms with E-state index in [9.17, 15) is 4.79 Å². The molecular weight excluding hydrogens is 378 g/mol. The molecule has 1 aliphatic rings. The fourth-order valence-corrected chi connectivity index (χ4v) is 3.40. The number of hydrogen-bond acceptors (Lipinski definition) is 4. The van der Waals surface area contributed by atoms with Gasteiger partial charge in [0, 0.05) is 43.9 Å². The van der Waals surface area contributed by atoms with Gasteiger partial charge in [-0.3, -0.25) is 9.79 Å². The first-order chi connectivity index (χ1) is 13.6. The van der Waals surface area contributed by atoms with E-state index in [1.54, 1.807) is 19.4 Å². The molecule has 150 valence electrons. The number of piperazine rings is 1. The number of nitrogens with zero attached hydrogens (tertiary/aromatic N) is 3. The van der Waals surface area contributed by atoms with E-state index in [-0.39, 0.29) is 12.5 Å². The summed E-state index contributed by atoms with van der Waals surface area (Å²) in [7, 11) is 1.73. The van der Waals surface area contributed by atoms with Gasteiger partial charge in [0.25, 0.3) is 0 Å². The Hall–Kier alpha value is -2.67. The molecule has 1 fully saturated rings. The highest BCUT2D eigenvalue weighted by molar-refractivity contribution is 6.30. The van der Waals surface area contributed by atoms with Crippen molar-refractivity contribution in [1.29, 1.82) is 0 Å². The predicted molar refractivity (Wildman–Crippen MR) is 112 cm³/mol. The lowest BCUT2D eigenvalue weighted by molar-refractivity contribution is -0.120. The van der Waals surface area contributed by atoms with E-state index in [1.807, 2.05) is 24.3 Å². The van der Waals surface area contributed by atoms with Gasteiger partial charge in [0.1, 0.15) is 5.76 Å². The number of anilines is 1. The van der Waals surface area contributed by atoms with Gasteiger partial charge in [0.05, 0.1) is 19.4 Å². The maximum Gasteiger partial charge on any atom is 0.239 e. The van der Waals surface area contributed by atoms with E-state index in [4.69, 9.17) is 16.0 Å². The third kappa shape index (κ3) is 5.19. The Morgan fingerprint density at radius 1 is 1.21 bits per heavy atom. The second-order valence-corrected chi connectivity index (χ2v) is 7.10. The van der Waals surface area contributed by atoms with Crippen LogP contribution in [0.5, 0.6) is 0 Å². The van der Waals surface area contributed by atoms with Crippen molar-refractivity contribution < 1.29 is 9.21 Å². The van der Waals surface area contributed by atoms with Crippen molar-refractivity contribution in [3.8, 4) is 0 Å². The van der Waals surface area contributed by atoms with Crippen molar-refractivity contribution in [3.63, 3.8) is 0 Å². The topological polar surface area (TPSA) is 73.1 Å². The molecule has 1 saturated heterocycles. The zero-order valence-corrected chi connectivity index (χ0v) is 17.0. The van der Waals surface area contributed by atoms with Crippen molar-refractivity contribution in [2.24, 2.45) is 4.99 Å². The first kappa shape index (κ1) is 20.1. The van der Waals surface area contributed by atoms with Crippen molar-refractivity contribution >= 4 is 29.2 Å². The number of halogens is 1. The lowest BCUT2D eigenvalue weighted by Gasteiger charge is -2.38. The molecule has 7 nitrogen and oxygen atoms in total. The monoisotopic (exact) mass is 403 g/mol. The second-order valence-electron chi connectivity index (χ2n) is 6.66. The van der Waals surface area contributed by atoms with E-state index in [0.717, 1.165) is 42.9 Å². The Labute approximate surface area is 170 Å². The Kier molecular flexibility index (Phi) is 6.81. The van der Waals surface area contributed by atoms with Gasteiger partial charge < -0.3 is 24.9 Å². The number of carbonyl (C=O) groups excluding carboxylic acids is 1. The summed E-state index contributed by atoms with van der Waals surface area (Å²) in [6, 6.07) is 9.61. The number of furan rings is 1. The maximum atomic E-state index is 12.0. The number of carbonyl (C=O) groups is 1. The summed E-state index contributed by atoms with van der Waals surface area (Å²) in [5, 5.41) is 6.71. The van der Waals surface area contributed by atoms with Crippen molar-refractivity contribution in [2.45, 2.75) is 13.5 Å². The molecule has 0 radical (unpaired) electrons. The average Bonchev–Trinajstić information content (AvgIpc) is 3.23. The molecule has 3 rings (SSSR count). The molecular formula is C20H26ClN5O2. The third-order valence-corrected chi connectivity index (χ3v) is 4.98. The van der Waals surface area contributed by atoms with Crippen LogP contribution in [0.15, 0.2) is 46.0 Å². The number of nitrogens with one attached hydrogen (secondary N) is 2. The minimum absolute atomic E-state index is 0.106. The quantitative estimate of drug-likeness (QED) is 0.591. The van der Waals surface area contributed by atoms with Crippen LogP contribution in [-0.2, 0) is 11.3 Å². The average molecular weight is 404 g/mol. The number of aryl methyl sites for hydroxylation is 1. The van der Waals surface area contributed by atoms with Gasteiger partial charge in [0.2, 0.25) is 5.91 Å². The zero-order valence-electron chi connectivity index (χ0n) is 16.2. The van der Waals surface area contributed by atoms with E-state index in [0.29, 0.717) is 6.54 Å². The molecule has 1 aliphatic heterocycles. The number of aliphatic imine (C=N–C) groups is 1. The molecule has 0 saturated carbocycles. The van der Waals surface area contributed by atoms with E-state index < -0.39 is 0 Å². The van der Waals surface area contributed by atoms with Crippen LogP contribution in [0, 0.1) is 6.92 Å². The van der Waals surface area contributed by atoms with Gasteiger partial charge in [-0.25, -0.2) is 0 Å². The molecule has 0 bridgehead atoms. The van der Waals surface area contributed by atoms with Crippen molar-refractivity contribution in [1.82, 2.24) is 15.5 Å². The largest absolute Gasteiger partial charge is 0.467 e. The number of guanidine groups is 1. The lowest BCUT2D eigenvalue weighted by Crippen LogP contribution is -2.53. The Bertz CT molecular complexity index is 814. The van der Waals surface area contributed by atoms with Gasteiger partial charge in [0.15, 0.2) is 5.96 Å². The van der Waals surface area contributed by atoms with Crippen LogP contribution in [0.25, 0.3) is 0 Å². The number of benzene rings is 1. The summed E-state index contributed by atoms with van der Waals surface area (Å²) < 4.78 is 5.21. The van der Waals surface area contributed by atoms with Crippen LogP contribution < -0.4 is 15.5 Å². The van der Waals surface area contributed by atoms with Gasteiger partial charge >= 0.3 is 0 Å². The molecule has 8 heteroatoms. The van der Waals surface area contributed by atoms with Gasteiger partial charge in [-0.15, -0.1) is 0 Å². The molecule has 2 heterocycles. The normalized spacial score (nSPS) is 14.9. The van der Waals surface area contributed by atoms with Crippen LogP contribution in [0.3, 0.4) is 0 Å². The fourth-order valence-electron chi connectivity index (χ4n) is 3.24. The minimum atomic E-state index is -0.106. The summed E-state index contributed by atoms with van der Waals surface area (Å²) >= 11 is 6.16. The van der Waals surface area contributed by atoms with Gasteiger partial charge in [-0.2, -0.15) is 0 Å². The smallest absolute Gasteiger partial charge is 0.239 e. The molecule has 28 heavy (non-hydrogen) atoms. The summed E-state index contributed by atoms with van der Waals surface area (Å²) in [6.45, 7) is 6.02. The standard InChI is InChI=1S/C20H26ClN5O2/c1-15-5-6-16(21)12-18(15)25-7-9-26(10-8-25)20(22-2)24-14-19(27)23-13-17-4-3-11-28-17/h3-6,11-12H,7-10,13-14H2,1-2H3,(H,22,24)(H,23,27). The Morgan fingerprint density at radius 3 is 2.68 bits per heavy atom. The van der Waals surface area contributed by atoms with Crippen LogP contribution in [-0.4, -0.2) is 56.5 Å². The van der Waals surface area contributed by atoms with Crippen molar-refractivity contribution in [2.75, 3.05) is 44.7 Å². The summed E-state index contributed by atoms with van der Waals surface area (Å²) in [6.07, 6.45) is 1.59. The molecule has 1 amide bonds. The summed E-state index contributed by atoms with van der Waals surface area (Å²) in [5.74, 6) is 1.35.